The van der Waals surface area contributed by atoms with E-state index in [2.05, 4.69) is 0 Å². The molecule has 0 spiro atoms. The lowest BCUT2D eigenvalue weighted by Crippen LogP contribution is -2.40. The monoisotopic (exact) mass is 289 g/mol. The highest BCUT2D eigenvalue weighted by molar-refractivity contribution is 5.20. The normalized spacial score (nSPS) is 20.5. The highest BCUT2D eigenvalue weighted by atomic mass is 19.3. The van der Waals surface area contributed by atoms with E-state index in [0.29, 0.717) is 31.8 Å². The molecule has 0 amide bonds. The van der Waals surface area contributed by atoms with Crippen molar-refractivity contribution in [2.45, 2.75) is 12.5 Å². The van der Waals surface area contributed by atoms with Gasteiger partial charge in [-0.2, -0.15) is 0 Å². The van der Waals surface area contributed by atoms with Crippen LogP contribution in [0, 0.1) is 5.82 Å². The quantitative estimate of drug-likeness (QED) is 0.751. The molecule has 1 aliphatic rings. The summed E-state index contributed by atoms with van der Waals surface area (Å²) in [4.78, 5) is 2.03. The van der Waals surface area contributed by atoms with Crippen molar-refractivity contribution in [3.63, 3.8) is 0 Å². The first-order valence-corrected chi connectivity index (χ1v) is 6.61. The highest BCUT2D eigenvalue weighted by Crippen LogP contribution is 2.24. The van der Waals surface area contributed by atoms with Crippen LogP contribution < -0.4 is 0 Å². The average molecular weight is 289 g/mol. The molecule has 0 saturated carbocycles. The molecule has 0 bridgehead atoms. The molecule has 1 aromatic rings. The van der Waals surface area contributed by atoms with Crippen molar-refractivity contribution in [3.8, 4) is 0 Å². The van der Waals surface area contributed by atoms with Gasteiger partial charge in [0.25, 0.3) is 6.43 Å². The Bertz CT molecular complexity index is 417. The van der Waals surface area contributed by atoms with Crippen LogP contribution in [0.5, 0.6) is 0 Å². The molecule has 2 rings (SSSR count). The molecule has 6 heteroatoms. The Kier molecular flexibility index (Phi) is 5.82. The second kappa shape index (κ2) is 7.61. The molecule has 112 valence electrons. The fraction of sp³-hybridized carbons (Fsp3) is 0.571. The minimum absolute atomic E-state index is 0.244. The number of ether oxygens (including phenoxy) is 2. The first-order valence-electron chi connectivity index (χ1n) is 6.61. The molecule has 1 saturated heterocycles. The van der Waals surface area contributed by atoms with E-state index in [9.17, 15) is 13.2 Å². The molecular formula is C14H18F3NO2. The lowest BCUT2D eigenvalue weighted by molar-refractivity contribution is -0.0456. The van der Waals surface area contributed by atoms with Crippen LogP contribution in [-0.2, 0) is 9.47 Å². The summed E-state index contributed by atoms with van der Waals surface area (Å²) in [6.45, 7) is 1.98. The predicted molar refractivity (Wildman–Crippen MR) is 68.4 cm³/mol. The first kappa shape index (κ1) is 15.3. The Balaban J connectivity index is 1.81. The maximum absolute atomic E-state index is 13.7. The largest absolute Gasteiger partial charge is 0.374 e. The number of nitrogens with zero attached hydrogens (tertiary/aromatic N) is 1. The van der Waals surface area contributed by atoms with E-state index in [-0.39, 0.29) is 18.5 Å². The number of hydrogen-bond acceptors (Lipinski definition) is 3. The van der Waals surface area contributed by atoms with Crippen LogP contribution in [0.3, 0.4) is 0 Å². The van der Waals surface area contributed by atoms with Crippen LogP contribution in [0.4, 0.5) is 13.2 Å². The summed E-state index contributed by atoms with van der Waals surface area (Å²) in [7, 11) is 0. The molecular weight excluding hydrogens is 271 g/mol. The summed E-state index contributed by atoms with van der Waals surface area (Å²) in [6.07, 6.45) is -2.76. The van der Waals surface area contributed by atoms with Gasteiger partial charge in [-0.1, -0.05) is 18.2 Å². The van der Waals surface area contributed by atoms with Crippen molar-refractivity contribution in [2.75, 3.05) is 39.5 Å². The molecule has 1 aromatic carbocycles. The molecule has 0 aromatic heterocycles. The lowest BCUT2D eigenvalue weighted by Gasteiger charge is -2.33. The minimum atomic E-state index is -2.44. The third-order valence-electron chi connectivity index (χ3n) is 3.20. The van der Waals surface area contributed by atoms with Crippen molar-refractivity contribution < 1.29 is 22.6 Å². The predicted octanol–water partition coefficient (Wildman–Crippen LogP) is 2.48. The van der Waals surface area contributed by atoms with Crippen molar-refractivity contribution in [2.24, 2.45) is 0 Å². The number of alkyl halides is 2. The van der Waals surface area contributed by atoms with Gasteiger partial charge < -0.3 is 9.47 Å². The van der Waals surface area contributed by atoms with Crippen molar-refractivity contribution in [3.05, 3.63) is 35.6 Å². The molecule has 20 heavy (non-hydrogen) atoms. The first-order chi connectivity index (χ1) is 9.66. The highest BCUT2D eigenvalue weighted by Gasteiger charge is 2.23. The van der Waals surface area contributed by atoms with E-state index in [4.69, 9.17) is 9.47 Å². The Hall–Kier alpha value is -1.11. The van der Waals surface area contributed by atoms with E-state index in [1.54, 1.807) is 18.2 Å². The van der Waals surface area contributed by atoms with E-state index in [0.717, 1.165) is 0 Å². The van der Waals surface area contributed by atoms with Gasteiger partial charge in [-0.25, -0.2) is 13.2 Å². The third-order valence-corrected chi connectivity index (χ3v) is 3.20. The second-order valence-corrected chi connectivity index (χ2v) is 4.65. The van der Waals surface area contributed by atoms with E-state index < -0.39 is 13.0 Å². The van der Waals surface area contributed by atoms with E-state index >= 15 is 0 Å². The van der Waals surface area contributed by atoms with Crippen LogP contribution in [0.15, 0.2) is 24.3 Å². The van der Waals surface area contributed by atoms with Crippen LogP contribution >= 0.6 is 0 Å². The maximum Gasteiger partial charge on any atom is 0.261 e. The van der Waals surface area contributed by atoms with Gasteiger partial charge in [0.2, 0.25) is 0 Å². The molecule has 3 nitrogen and oxygen atoms in total. The zero-order chi connectivity index (χ0) is 14.4. The second-order valence-electron chi connectivity index (χ2n) is 4.65. The van der Waals surface area contributed by atoms with Gasteiger partial charge in [0.05, 0.1) is 19.3 Å². The maximum atomic E-state index is 13.7. The van der Waals surface area contributed by atoms with Gasteiger partial charge in [0.1, 0.15) is 12.4 Å². The van der Waals surface area contributed by atoms with Crippen LogP contribution in [0.1, 0.15) is 11.7 Å². The van der Waals surface area contributed by atoms with Gasteiger partial charge in [0, 0.05) is 25.2 Å². The number of hydrogen-bond donors (Lipinski definition) is 0. The number of rotatable bonds is 6. The summed E-state index contributed by atoms with van der Waals surface area (Å²) in [5, 5.41) is 0. The minimum Gasteiger partial charge on any atom is -0.374 e. The van der Waals surface area contributed by atoms with Crippen molar-refractivity contribution in [1.29, 1.82) is 0 Å². The Labute approximate surface area is 116 Å². The summed E-state index contributed by atoms with van der Waals surface area (Å²) < 4.78 is 48.0. The standard InChI is InChI=1S/C14H18F3NO2/c15-12-4-2-1-3-11(12)13-9-18(6-8-20-13)5-7-19-10-14(16)17/h1-4,13-14H,5-10H2/t13-/m0/s1. The Morgan fingerprint density at radius 2 is 2.15 bits per heavy atom. The average Bonchev–Trinajstić information content (AvgIpc) is 2.44. The molecule has 0 unspecified atom stereocenters. The molecule has 1 fully saturated rings. The summed E-state index contributed by atoms with van der Waals surface area (Å²) >= 11 is 0. The van der Waals surface area contributed by atoms with Gasteiger partial charge in [-0.15, -0.1) is 0 Å². The van der Waals surface area contributed by atoms with Crippen LogP contribution in [-0.4, -0.2) is 50.8 Å². The van der Waals surface area contributed by atoms with Crippen molar-refractivity contribution in [1.82, 2.24) is 4.90 Å². The molecule has 1 aliphatic heterocycles. The van der Waals surface area contributed by atoms with E-state index in [1.165, 1.54) is 6.07 Å². The van der Waals surface area contributed by atoms with E-state index in [1.807, 2.05) is 4.90 Å². The van der Waals surface area contributed by atoms with Crippen LogP contribution in [0.25, 0.3) is 0 Å². The number of halogens is 3. The lowest BCUT2D eigenvalue weighted by atomic mass is 10.1. The molecule has 1 atom stereocenters. The summed E-state index contributed by atoms with van der Waals surface area (Å²) in [6, 6.07) is 6.52. The topological polar surface area (TPSA) is 21.7 Å². The third kappa shape index (κ3) is 4.47. The number of benzene rings is 1. The SMILES string of the molecule is Fc1ccccc1[C@@H]1CN(CCOCC(F)F)CCO1. The summed E-state index contributed by atoms with van der Waals surface area (Å²) in [5.41, 5.74) is 0.533. The zero-order valence-electron chi connectivity index (χ0n) is 11.1. The van der Waals surface area contributed by atoms with Crippen molar-refractivity contribution >= 4 is 0 Å². The van der Waals surface area contributed by atoms with Crippen LogP contribution in [0.2, 0.25) is 0 Å². The molecule has 0 aliphatic carbocycles. The molecule has 0 N–H and O–H groups in total. The van der Waals surface area contributed by atoms with Gasteiger partial charge >= 0.3 is 0 Å². The molecule has 0 radical (unpaired) electrons. The summed E-state index contributed by atoms with van der Waals surface area (Å²) in [5.74, 6) is -0.284. The zero-order valence-corrected chi connectivity index (χ0v) is 11.1. The Morgan fingerprint density at radius 1 is 1.35 bits per heavy atom. The smallest absolute Gasteiger partial charge is 0.261 e. The number of morpholine rings is 1. The Morgan fingerprint density at radius 3 is 2.90 bits per heavy atom. The fourth-order valence-electron chi connectivity index (χ4n) is 2.20. The van der Waals surface area contributed by atoms with Gasteiger partial charge in [0.15, 0.2) is 0 Å². The molecule has 1 heterocycles. The van der Waals surface area contributed by atoms with Gasteiger partial charge in [-0.3, -0.25) is 4.90 Å². The fourth-order valence-corrected chi connectivity index (χ4v) is 2.20. The van der Waals surface area contributed by atoms with Gasteiger partial charge in [-0.05, 0) is 6.07 Å².